The summed E-state index contributed by atoms with van der Waals surface area (Å²) in [4.78, 5) is 2.09. The normalized spacial score (nSPS) is 25.2. The summed E-state index contributed by atoms with van der Waals surface area (Å²) in [6, 6.07) is 13.5. The quantitative estimate of drug-likeness (QED) is 0.840. The van der Waals surface area contributed by atoms with Gasteiger partial charge >= 0.3 is 0 Å². The van der Waals surface area contributed by atoms with Crippen molar-refractivity contribution in [2.24, 2.45) is 17.1 Å². The summed E-state index contributed by atoms with van der Waals surface area (Å²) in [5.74, 6) is -0.748. The third-order valence-corrected chi connectivity index (χ3v) is 5.43. The van der Waals surface area contributed by atoms with E-state index in [-0.39, 0.29) is 17.2 Å². The highest BCUT2D eigenvalue weighted by atomic mass is 35.5. The van der Waals surface area contributed by atoms with Crippen LogP contribution in [0.15, 0.2) is 47.2 Å². The predicted molar refractivity (Wildman–Crippen MR) is 93.7 cm³/mol. The highest BCUT2D eigenvalue weighted by Gasteiger charge is 2.54. The van der Waals surface area contributed by atoms with Crippen LogP contribution in [0.2, 0.25) is 5.02 Å². The van der Waals surface area contributed by atoms with Gasteiger partial charge in [0.25, 0.3) is 0 Å². The molecule has 25 heavy (non-hydrogen) atoms. The molecule has 2 N–H and O–H groups in total. The molecule has 1 heterocycles. The van der Waals surface area contributed by atoms with Crippen molar-refractivity contribution in [3.63, 3.8) is 0 Å². The van der Waals surface area contributed by atoms with Crippen molar-refractivity contribution in [2.75, 3.05) is 20.1 Å². The molecule has 1 aromatic carbocycles. The standard InChI is InChI=1S/C19H16ClN5/c1-25-7-6-12-14(8-21)18(24)19(10-22,11-23)17(15(12)9-25)13-4-2-3-5-16(13)20/h2-6,15,17H,7,9,24H2,1H3/t15-,17-/m0/s1. The first-order valence-corrected chi connectivity index (χ1v) is 8.24. The first kappa shape index (κ1) is 17.1. The highest BCUT2D eigenvalue weighted by molar-refractivity contribution is 6.31. The maximum atomic E-state index is 9.93. The lowest BCUT2D eigenvalue weighted by Gasteiger charge is -2.45. The monoisotopic (exact) mass is 349 g/mol. The van der Waals surface area contributed by atoms with Gasteiger partial charge in [-0.2, -0.15) is 15.8 Å². The van der Waals surface area contributed by atoms with Gasteiger partial charge in [0, 0.05) is 29.9 Å². The molecule has 0 saturated carbocycles. The molecule has 0 bridgehead atoms. The third kappa shape index (κ3) is 2.39. The van der Waals surface area contributed by atoms with Crippen molar-refractivity contribution < 1.29 is 0 Å². The van der Waals surface area contributed by atoms with E-state index < -0.39 is 11.3 Å². The number of likely N-dealkylation sites (N-methyl/N-ethyl adjacent to an activating group) is 1. The molecule has 0 radical (unpaired) electrons. The average Bonchev–Trinajstić information content (AvgIpc) is 2.62. The Bertz CT molecular complexity index is 895. The Morgan fingerprint density at radius 1 is 1.24 bits per heavy atom. The van der Waals surface area contributed by atoms with Crippen molar-refractivity contribution in [1.29, 1.82) is 15.8 Å². The van der Waals surface area contributed by atoms with Gasteiger partial charge in [-0.15, -0.1) is 0 Å². The minimum atomic E-state index is -1.63. The van der Waals surface area contributed by atoms with E-state index in [1.165, 1.54) is 0 Å². The second kappa shape index (κ2) is 6.26. The fourth-order valence-corrected chi connectivity index (χ4v) is 4.15. The van der Waals surface area contributed by atoms with Crippen molar-refractivity contribution in [2.45, 2.75) is 5.92 Å². The number of nitrogens with zero attached hydrogens (tertiary/aromatic N) is 4. The maximum Gasteiger partial charge on any atom is 0.191 e. The van der Waals surface area contributed by atoms with Crippen molar-refractivity contribution >= 4 is 11.6 Å². The van der Waals surface area contributed by atoms with Crippen molar-refractivity contribution in [1.82, 2.24) is 4.90 Å². The van der Waals surface area contributed by atoms with E-state index in [1.807, 2.05) is 25.3 Å². The Balaban J connectivity index is 2.37. The van der Waals surface area contributed by atoms with Crippen LogP contribution in [0.5, 0.6) is 0 Å². The number of benzene rings is 1. The van der Waals surface area contributed by atoms with E-state index in [4.69, 9.17) is 17.3 Å². The van der Waals surface area contributed by atoms with Crippen LogP contribution in [0, 0.1) is 45.3 Å². The average molecular weight is 350 g/mol. The molecule has 6 heteroatoms. The molecule has 0 amide bonds. The topological polar surface area (TPSA) is 101 Å². The van der Waals surface area contributed by atoms with Gasteiger partial charge in [-0.1, -0.05) is 35.9 Å². The summed E-state index contributed by atoms with van der Waals surface area (Å²) in [6.07, 6.45) is 1.96. The van der Waals surface area contributed by atoms with Crippen LogP contribution in [0.4, 0.5) is 0 Å². The summed E-state index contributed by atoms with van der Waals surface area (Å²) in [5.41, 5.74) is 6.39. The predicted octanol–water partition coefficient (Wildman–Crippen LogP) is 2.70. The number of nitriles is 3. The van der Waals surface area contributed by atoms with E-state index in [1.54, 1.807) is 12.1 Å². The Hall–Kier alpha value is -2.78. The maximum absolute atomic E-state index is 9.93. The number of fused-ring (bicyclic) bond motifs is 1. The number of rotatable bonds is 1. The smallest absolute Gasteiger partial charge is 0.191 e. The summed E-state index contributed by atoms with van der Waals surface area (Å²) >= 11 is 6.41. The number of hydrogen-bond donors (Lipinski definition) is 1. The zero-order chi connectivity index (χ0) is 18.2. The van der Waals surface area contributed by atoms with E-state index >= 15 is 0 Å². The molecule has 0 fully saturated rings. The van der Waals surface area contributed by atoms with Crippen LogP contribution in [-0.2, 0) is 0 Å². The molecular formula is C19H16ClN5. The van der Waals surface area contributed by atoms with Gasteiger partial charge in [0.1, 0.15) is 6.07 Å². The minimum Gasteiger partial charge on any atom is -0.399 e. The molecule has 2 atom stereocenters. The molecule has 5 nitrogen and oxygen atoms in total. The lowest BCUT2D eigenvalue weighted by molar-refractivity contribution is 0.238. The minimum absolute atomic E-state index is 0.0250. The van der Waals surface area contributed by atoms with Gasteiger partial charge in [-0.25, -0.2) is 0 Å². The zero-order valence-electron chi connectivity index (χ0n) is 13.7. The van der Waals surface area contributed by atoms with Gasteiger partial charge in [0.2, 0.25) is 0 Å². The van der Waals surface area contributed by atoms with Crippen LogP contribution >= 0.6 is 11.6 Å². The van der Waals surface area contributed by atoms with E-state index in [9.17, 15) is 15.8 Å². The Kier molecular flexibility index (Phi) is 4.27. The number of hydrogen-bond acceptors (Lipinski definition) is 5. The molecule has 0 saturated heterocycles. The fourth-order valence-electron chi connectivity index (χ4n) is 3.90. The van der Waals surface area contributed by atoms with Crippen LogP contribution in [0.3, 0.4) is 0 Å². The van der Waals surface area contributed by atoms with Gasteiger partial charge in [-0.05, 0) is 24.3 Å². The fraction of sp³-hybridized carbons (Fsp3) is 0.316. The highest BCUT2D eigenvalue weighted by Crippen LogP contribution is 2.55. The van der Waals surface area contributed by atoms with E-state index in [2.05, 4.69) is 23.1 Å². The largest absolute Gasteiger partial charge is 0.399 e. The molecule has 0 spiro atoms. The molecule has 3 rings (SSSR count). The molecule has 0 unspecified atom stereocenters. The van der Waals surface area contributed by atoms with Crippen LogP contribution in [0.1, 0.15) is 11.5 Å². The summed E-state index contributed by atoms with van der Waals surface area (Å²) in [6.45, 7) is 1.30. The number of halogens is 1. The first-order chi connectivity index (χ1) is 12.0. The van der Waals surface area contributed by atoms with Crippen molar-refractivity contribution in [3.05, 3.63) is 57.8 Å². The van der Waals surface area contributed by atoms with Gasteiger partial charge in [-0.3, -0.25) is 0 Å². The summed E-state index contributed by atoms with van der Waals surface area (Å²) in [7, 11) is 1.96. The molecule has 124 valence electrons. The second-order valence-electron chi connectivity index (χ2n) is 6.42. The molecule has 1 aromatic rings. The summed E-state index contributed by atoms with van der Waals surface area (Å²) in [5, 5.41) is 30.0. The van der Waals surface area contributed by atoms with Crippen LogP contribution in [0.25, 0.3) is 0 Å². The SMILES string of the molecule is CN1CC=C2C(C#N)=C(N)C(C#N)(C#N)[C@@H](c3ccccc3Cl)[C@H]2C1. The van der Waals surface area contributed by atoms with Gasteiger partial charge in [0.15, 0.2) is 5.41 Å². The third-order valence-electron chi connectivity index (χ3n) is 5.09. The molecule has 1 aliphatic carbocycles. The second-order valence-corrected chi connectivity index (χ2v) is 6.83. The van der Waals surface area contributed by atoms with E-state index in [0.29, 0.717) is 23.7 Å². The van der Waals surface area contributed by atoms with Crippen LogP contribution in [-0.4, -0.2) is 25.0 Å². The van der Waals surface area contributed by atoms with E-state index in [0.717, 1.165) is 5.57 Å². The zero-order valence-corrected chi connectivity index (χ0v) is 14.5. The van der Waals surface area contributed by atoms with Gasteiger partial charge in [0.05, 0.1) is 23.4 Å². The Morgan fingerprint density at radius 2 is 1.92 bits per heavy atom. The number of allylic oxidation sites excluding steroid dienone is 2. The van der Waals surface area contributed by atoms with Gasteiger partial charge < -0.3 is 10.6 Å². The Morgan fingerprint density at radius 3 is 2.52 bits per heavy atom. The van der Waals surface area contributed by atoms with Crippen molar-refractivity contribution in [3.8, 4) is 18.2 Å². The number of nitrogens with two attached hydrogens (primary N) is 1. The first-order valence-electron chi connectivity index (χ1n) is 7.86. The lowest BCUT2D eigenvalue weighted by Crippen LogP contribution is -2.47. The molecule has 2 aliphatic rings. The summed E-state index contributed by atoms with van der Waals surface area (Å²) < 4.78 is 0. The molecular weight excluding hydrogens is 334 g/mol. The Labute approximate surface area is 151 Å². The molecule has 0 aromatic heterocycles. The van der Waals surface area contributed by atoms with Crippen LogP contribution < -0.4 is 5.73 Å². The lowest BCUT2D eigenvalue weighted by atomic mass is 9.58. The molecule has 1 aliphatic heterocycles.